The van der Waals surface area contributed by atoms with Gasteiger partial charge in [-0.05, 0) is 14.1 Å². The van der Waals surface area contributed by atoms with Gasteiger partial charge >= 0.3 is 18.4 Å². The molecular weight excluding hydrogens is 269 g/mol. The Balaban J connectivity index is 5.92. The van der Waals surface area contributed by atoms with E-state index in [1.54, 1.807) is 0 Å². The first-order valence-electron chi connectivity index (χ1n) is 3.82. The second-order valence-corrected chi connectivity index (χ2v) is 3.12. The molecule has 10 heteroatoms. The monoisotopic (exact) mass is 275 g/mol. The highest BCUT2D eigenvalue weighted by Gasteiger charge is 2.58. The number of halogens is 9. The number of alkyl halides is 8. The second-order valence-electron chi connectivity index (χ2n) is 3.12. The van der Waals surface area contributed by atoms with E-state index >= 15 is 0 Å². The van der Waals surface area contributed by atoms with Crippen molar-refractivity contribution in [2.75, 3.05) is 14.1 Å². The Morgan fingerprint density at radius 1 is 0.765 bits per heavy atom. The maximum absolute atomic E-state index is 12.7. The summed E-state index contributed by atoms with van der Waals surface area (Å²) in [6.07, 6.45) is -12.5. The molecule has 0 atom stereocenters. The van der Waals surface area contributed by atoms with E-state index in [1.807, 2.05) is 0 Å². The molecule has 0 spiro atoms. The van der Waals surface area contributed by atoms with E-state index in [9.17, 15) is 39.5 Å². The van der Waals surface area contributed by atoms with Crippen LogP contribution in [0.1, 0.15) is 0 Å². The van der Waals surface area contributed by atoms with Gasteiger partial charge in [0.2, 0.25) is 5.83 Å². The van der Waals surface area contributed by atoms with Crippen molar-refractivity contribution in [3.8, 4) is 0 Å². The molecule has 0 N–H and O–H groups in total. The first kappa shape index (κ1) is 16.1. The van der Waals surface area contributed by atoms with Gasteiger partial charge in [0, 0.05) is 0 Å². The van der Waals surface area contributed by atoms with Crippen molar-refractivity contribution < 1.29 is 39.5 Å². The maximum Gasteiger partial charge on any atom is 0.424 e. The van der Waals surface area contributed by atoms with Gasteiger partial charge in [0.05, 0.1) is 0 Å². The van der Waals surface area contributed by atoms with Crippen LogP contribution in [0.25, 0.3) is 0 Å². The van der Waals surface area contributed by atoms with Crippen LogP contribution < -0.4 is 0 Å². The molecule has 17 heavy (non-hydrogen) atoms. The first-order chi connectivity index (χ1) is 7.22. The van der Waals surface area contributed by atoms with Crippen LogP contribution in [0.2, 0.25) is 0 Å². The summed E-state index contributed by atoms with van der Waals surface area (Å²) in [5.74, 6) is -3.58. The van der Waals surface area contributed by atoms with Crippen LogP contribution in [0.4, 0.5) is 39.5 Å². The van der Waals surface area contributed by atoms with Crippen molar-refractivity contribution in [1.29, 1.82) is 0 Å². The maximum atomic E-state index is 12.7. The van der Waals surface area contributed by atoms with Gasteiger partial charge in [-0.3, -0.25) is 0 Å². The third-order valence-electron chi connectivity index (χ3n) is 1.61. The van der Waals surface area contributed by atoms with E-state index in [0.29, 0.717) is 14.1 Å². The standard InChI is InChI=1S/C7H6F9N/c1-17(2)7(15,16)4(8)3(5(9,10)11)6(12,13)14/h1-2H3. The van der Waals surface area contributed by atoms with Gasteiger partial charge in [0.1, 0.15) is 0 Å². The molecule has 102 valence electrons. The summed E-state index contributed by atoms with van der Waals surface area (Å²) in [6.45, 7) is 0. The molecule has 0 aliphatic heterocycles. The normalized spacial score (nSPS) is 14.1. The highest BCUT2D eigenvalue weighted by Crippen LogP contribution is 2.45. The van der Waals surface area contributed by atoms with Crippen molar-refractivity contribution in [2.24, 2.45) is 0 Å². The molecule has 0 aliphatic carbocycles. The second kappa shape index (κ2) is 4.39. The number of hydrogen-bond acceptors (Lipinski definition) is 1. The van der Waals surface area contributed by atoms with Crippen molar-refractivity contribution in [2.45, 2.75) is 18.4 Å². The summed E-state index contributed by atoms with van der Waals surface area (Å²) in [5.41, 5.74) is -3.84. The van der Waals surface area contributed by atoms with Crippen molar-refractivity contribution >= 4 is 0 Å². The van der Waals surface area contributed by atoms with Crippen molar-refractivity contribution in [3.63, 3.8) is 0 Å². The number of allylic oxidation sites excluding steroid dienone is 1. The van der Waals surface area contributed by atoms with Gasteiger partial charge in [-0.1, -0.05) is 0 Å². The quantitative estimate of drug-likeness (QED) is 0.551. The van der Waals surface area contributed by atoms with Crippen LogP contribution in [-0.4, -0.2) is 37.4 Å². The highest BCUT2D eigenvalue weighted by atomic mass is 19.4. The van der Waals surface area contributed by atoms with Crippen LogP contribution in [0.15, 0.2) is 11.4 Å². The van der Waals surface area contributed by atoms with Gasteiger partial charge in [0.25, 0.3) is 0 Å². The zero-order valence-corrected chi connectivity index (χ0v) is 8.35. The highest BCUT2D eigenvalue weighted by molar-refractivity contribution is 5.23. The Hall–Kier alpha value is -0.930. The molecule has 0 amide bonds. The van der Waals surface area contributed by atoms with Gasteiger partial charge in [-0.25, -0.2) is 9.29 Å². The van der Waals surface area contributed by atoms with Crippen LogP contribution in [0.5, 0.6) is 0 Å². The Labute approximate surface area is 89.5 Å². The predicted molar refractivity (Wildman–Crippen MR) is 38.9 cm³/mol. The zero-order chi connectivity index (χ0) is 14.2. The summed E-state index contributed by atoms with van der Waals surface area (Å²) in [4.78, 5) is -0.403. The molecule has 0 bridgehead atoms. The number of likely N-dealkylation sites (N-methyl/N-ethyl adjacent to an activating group) is 1. The summed E-state index contributed by atoms with van der Waals surface area (Å²) in [7, 11) is 0.869. The van der Waals surface area contributed by atoms with E-state index < -0.39 is 34.7 Å². The SMILES string of the molecule is CN(C)C(F)(F)C(F)=C(C(F)(F)F)C(F)(F)F. The van der Waals surface area contributed by atoms with Gasteiger partial charge < -0.3 is 0 Å². The molecule has 0 aromatic heterocycles. The molecule has 1 nitrogen and oxygen atoms in total. The van der Waals surface area contributed by atoms with Gasteiger partial charge in [0.15, 0.2) is 5.57 Å². The molecule has 0 fully saturated rings. The molecule has 0 aromatic rings. The molecular formula is C7H6F9N. The minimum Gasteiger partial charge on any atom is -0.245 e. The van der Waals surface area contributed by atoms with Gasteiger partial charge in [-0.15, -0.1) is 0 Å². The third-order valence-corrected chi connectivity index (χ3v) is 1.61. The van der Waals surface area contributed by atoms with E-state index in [-0.39, 0.29) is 0 Å². The fourth-order valence-corrected chi connectivity index (χ4v) is 0.756. The van der Waals surface area contributed by atoms with Gasteiger partial charge in [-0.2, -0.15) is 35.1 Å². The lowest BCUT2D eigenvalue weighted by atomic mass is 10.2. The average Bonchev–Trinajstić information content (AvgIpc) is 1.97. The van der Waals surface area contributed by atoms with Crippen LogP contribution in [0.3, 0.4) is 0 Å². The molecule has 0 rings (SSSR count). The lowest BCUT2D eigenvalue weighted by Crippen LogP contribution is -2.40. The molecule has 0 radical (unpaired) electrons. The van der Waals surface area contributed by atoms with E-state index in [2.05, 4.69) is 0 Å². The molecule has 0 saturated carbocycles. The fraction of sp³-hybridized carbons (Fsp3) is 0.714. The van der Waals surface area contributed by atoms with Crippen LogP contribution in [-0.2, 0) is 0 Å². The Morgan fingerprint density at radius 2 is 1.06 bits per heavy atom. The minimum atomic E-state index is -6.26. The third kappa shape index (κ3) is 3.51. The van der Waals surface area contributed by atoms with Crippen molar-refractivity contribution in [3.05, 3.63) is 11.4 Å². The first-order valence-corrected chi connectivity index (χ1v) is 3.82. The van der Waals surface area contributed by atoms with Crippen LogP contribution in [0, 0.1) is 0 Å². The Morgan fingerprint density at radius 3 is 1.24 bits per heavy atom. The number of nitrogens with zero attached hydrogens (tertiary/aromatic N) is 1. The lowest BCUT2D eigenvalue weighted by molar-refractivity contribution is -0.185. The van der Waals surface area contributed by atoms with E-state index in [1.165, 1.54) is 0 Å². The average molecular weight is 275 g/mol. The molecule has 0 aliphatic rings. The van der Waals surface area contributed by atoms with E-state index in [0.717, 1.165) is 0 Å². The predicted octanol–water partition coefficient (Wildman–Crippen LogP) is 3.49. The summed E-state index contributed by atoms with van der Waals surface area (Å²) in [6, 6.07) is -5.00. The summed E-state index contributed by atoms with van der Waals surface area (Å²) < 4.78 is 110. The molecule has 0 saturated heterocycles. The lowest BCUT2D eigenvalue weighted by Gasteiger charge is -2.25. The molecule has 0 heterocycles. The molecule has 0 unspecified atom stereocenters. The largest absolute Gasteiger partial charge is 0.424 e. The van der Waals surface area contributed by atoms with E-state index in [4.69, 9.17) is 0 Å². The van der Waals surface area contributed by atoms with Crippen molar-refractivity contribution in [1.82, 2.24) is 4.90 Å². The number of hydrogen-bond donors (Lipinski definition) is 0. The Bertz CT molecular complexity index is 292. The number of rotatable bonds is 2. The smallest absolute Gasteiger partial charge is 0.245 e. The summed E-state index contributed by atoms with van der Waals surface area (Å²) >= 11 is 0. The minimum absolute atomic E-state index is 0.403. The molecule has 0 aromatic carbocycles. The van der Waals surface area contributed by atoms with Crippen LogP contribution >= 0.6 is 0 Å². The summed E-state index contributed by atoms with van der Waals surface area (Å²) in [5, 5.41) is 0. The Kier molecular flexibility index (Phi) is 4.15. The fourth-order valence-electron chi connectivity index (χ4n) is 0.756. The topological polar surface area (TPSA) is 3.24 Å². The zero-order valence-electron chi connectivity index (χ0n) is 8.35.